The predicted octanol–water partition coefficient (Wildman–Crippen LogP) is 6.06. The number of benzene rings is 4. The van der Waals surface area contributed by atoms with Crippen molar-refractivity contribution in [3.05, 3.63) is 112 Å². The van der Waals surface area contributed by atoms with E-state index in [1.54, 1.807) is 12.1 Å². The molecule has 7 heteroatoms. The second-order valence-electron chi connectivity index (χ2n) is 7.17. The molecule has 4 rings (SSSR count). The summed E-state index contributed by atoms with van der Waals surface area (Å²) in [6.07, 6.45) is 1.67. The zero-order valence-corrected chi connectivity index (χ0v) is 18.8. The van der Waals surface area contributed by atoms with E-state index in [2.05, 4.69) is 10.5 Å². The van der Waals surface area contributed by atoms with Gasteiger partial charge in [0.2, 0.25) is 5.91 Å². The largest absolute Gasteiger partial charge is 0.422 e. The highest BCUT2D eigenvalue weighted by atomic mass is 35.5. The number of amides is 1. The van der Waals surface area contributed by atoms with Crippen molar-refractivity contribution < 1.29 is 14.3 Å². The first kappa shape index (κ1) is 22.5. The third kappa shape index (κ3) is 5.58. The minimum Gasteiger partial charge on any atom is -0.422 e. The van der Waals surface area contributed by atoms with Gasteiger partial charge in [-0.15, -0.1) is 0 Å². The van der Waals surface area contributed by atoms with Crippen molar-refractivity contribution in [2.45, 2.75) is 6.42 Å². The van der Waals surface area contributed by atoms with Crippen LogP contribution >= 0.6 is 23.2 Å². The second-order valence-corrected chi connectivity index (χ2v) is 8.01. The van der Waals surface area contributed by atoms with E-state index in [9.17, 15) is 9.59 Å². The minimum absolute atomic E-state index is 0.188. The third-order valence-electron chi connectivity index (χ3n) is 4.87. The fraction of sp³-hybridized carbons (Fsp3) is 0.0385. The third-order valence-corrected chi connectivity index (χ3v) is 5.42. The lowest BCUT2D eigenvalue weighted by Gasteiger charge is -2.11. The molecule has 0 fully saturated rings. The van der Waals surface area contributed by atoms with Crippen LogP contribution in [-0.2, 0) is 11.2 Å². The molecule has 0 unspecified atom stereocenters. The van der Waals surface area contributed by atoms with Crippen molar-refractivity contribution in [3.8, 4) is 5.75 Å². The number of hydrazone groups is 1. The molecule has 4 aromatic carbocycles. The quantitative estimate of drug-likeness (QED) is 0.159. The van der Waals surface area contributed by atoms with Crippen molar-refractivity contribution >= 4 is 52.1 Å². The Morgan fingerprint density at radius 1 is 0.909 bits per heavy atom. The number of hydrogen-bond acceptors (Lipinski definition) is 4. The van der Waals surface area contributed by atoms with Gasteiger partial charge in [0.05, 0.1) is 23.2 Å². The molecule has 1 N–H and O–H groups in total. The summed E-state index contributed by atoms with van der Waals surface area (Å²) in [6, 6.07) is 25.0. The van der Waals surface area contributed by atoms with Crippen LogP contribution < -0.4 is 10.2 Å². The number of nitrogens with zero attached hydrogens (tertiary/aromatic N) is 1. The molecular weight excluding hydrogens is 459 g/mol. The first-order chi connectivity index (χ1) is 16.0. The first-order valence-corrected chi connectivity index (χ1v) is 10.8. The molecule has 33 heavy (non-hydrogen) atoms. The van der Waals surface area contributed by atoms with E-state index in [0.717, 1.165) is 16.3 Å². The summed E-state index contributed by atoms with van der Waals surface area (Å²) in [4.78, 5) is 25.0. The van der Waals surface area contributed by atoms with Gasteiger partial charge in [0.1, 0.15) is 5.75 Å². The number of hydrogen-bond donors (Lipinski definition) is 1. The van der Waals surface area contributed by atoms with Gasteiger partial charge in [-0.05, 0) is 40.6 Å². The Labute approximate surface area is 200 Å². The van der Waals surface area contributed by atoms with E-state index in [0.29, 0.717) is 10.6 Å². The first-order valence-electron chi connectivity index (χ1n) is 10.1. The van der Waals surface area contributed by atoms with Gasteiger partial charge in [-0.1, -0.05) is 83.9 Å². The van der Waals surface area contributed by atoms with E-state index in [-0.39, 0.29) is 28.7 Å². The Balaban J connectivity index is 1.59. The molecule has 0 aliphatic carbocycles. The van der Waals surface area contributed by atoms with Crippen LogP contribution in [0.1, 0.15) is 21.5 Å². The Kier molecular flexibility index (Phi) is 7.03. The molecule has 0 radical (unpaired) electrons. The van der Waals surface area contributed by atoms with Gasteiger partial charge in [0.15, 0.2) is 0 Å². The normalized spacial score (nSPS) is 11.0. The predicted molar refractivity (Wildman–Crippen MR) is 131 cm³/mol. The van der Waals surface area contributed by atoms with Gasteiger partial charge >= 0.3 is 5.97 Å². The van der Waals surface area contributed by atoms with Crippen molar-refractivity contribution in [1.82, 2.24) is 5.43 Å². The minimum atomic E-state index is -0.630. The van der Waals surface area contributed by atoms with Crippen LogP contribution in [-0.4, -0.2) is 18.1 Å². The molecule has 164 valence electrons. The summed E-state index contributed by atoms with van der Waals surface area (Å²) in [5.74, 6) is -0.607. The van der Waals surface area contributed by atoms with E-state index in [4.69, 9.17) is 27.9 Å². The summed E-state index contributed by atoms with van der Waals surface area (Å²) in [7, 11) is 0. The van der Waals surface area contributed by atoms with Gasteiger partial charge in [0.25, 0.3) is 0 Å². The molecule has 0 aliphatic heterocycles. The summed E-state index contributed by atoms with van der Waals surface area (Å²) in [5, 5.41) is 6.45. The second kappa shape index (κ2) is 10.3. The summed E-state index contributed by atoms with van der Waals surface area (Å²) < 4.78 is 5.64. The molecule has 5 nitrogen and oxygen atoms in total. The lowest BCUT2D eigenvalue weighted by Crippen LogP contribution is -2.19. The molecule has 0 spiro atoms. The molecule has 0 saturated heterocycles. The summed E-state index contributed by atoms with van der Waals surface area (Å²) in [5.41, 5.74) is 4.14. The standard InChI is InChI=1S/C26H18Cl2N2O3/c27-19-11-12-21(23(28)15-19)26(32)33-24-13-10-18-8-4-5-9-20(18)22(24)16-29-30-25(31)14-17-6-2-1-3-7-17/h1-13,15-16H,14H2,(H,30,31)/b29-16-. The number of rotatable bonds is 6. The van der Waals surface area contributed by atoms with Crippen LogP contribution in [0.2, 0.25) is 10.0 Å². The number of carbonyl (C=O) groups is 2. The van der Waals surface area contributed by atoms with Gasteiger partial charge in [-0.2, -0.15) is 5.10 Å². The average molecular weight is 477 g/mol. The number of esters is 1. The smallest absolute Gasteiger partial charge is 0.345 e. The van der Waals surface area contributed by atoms with E-state index < -0.39 is 5.97 Å². The van der Waals surface area contributed by atoms with Gasteiger partial charge in [-0.3, -0.25) is 4.79 Å². The fourth-order valence-corrected chi connectivity index (χ4v) is 3.78. The lowest BCUT2D eigenvalue weighted by molar-refractivity contribution is -0.120. The van der Waals surface area contributed by atoms with Crippen LogP contribution in [0.4, 0.5) is 0 Å². The van der Waals surface area contributed by atoms with Crippen LogP contribution in [0, 0.1) is 0 Å². The Bertz CT molecular complexity index is 1350. The van der Waals surface area contributed by atoms with Crippen molar-refractivity contribution in [1.29, 1.82) is 0 Å². The van der Waals surface area contributed by atoms with Crippen LogP contribution in [0.15, 0.2) is 90.0 Å². The number of fused-ring (bicyclic) bond motifs is 1. The fourth-order valence-electron chi connectivity index (χ4n) is 3.30. The van der Waals surface area contributed by atoms with Crippen LogP contribution in [0.3, 0.4) is 0 Å². The Morgan fingerprint density at radius 3 is 2.45 bits per heavy atom. The number of nitrogens with one attached hydrogen (secondary N) is 1. The van der Waals surface area contributed by atoms with E-state index in [1.165, 1.54) is 18.3 Å². The zero-order valence-electron chi connectivity index (χ0n) is 17.3. The number of carbonyl (C=O) groups excluding carboxylic acids is 2. The average Bonchev–Trinajstić information content (AvgIpc) is 2.80. The van der Waals surface area contributed by atoms with Gasteiger partial charge in [0, 0.05) is 10.6 Å². The van der Waals surface area contributed by atoms with E-state index >= 15 is 0 Å². The highest BCUT2D eigenvalue weighted by molar-refractivity contribution is 6.36. The van der Waals surface area contributed by atoms with Crippen molar-refractivity contribution in [2.75, 3.05) is 0 Å². The molecule has 0 aliphatic rings. The maximum absolute atomic E-state index is 12.8. The molecule has 0 bridgehead atoms. The molecular formula is C26H18Cl2N2O3. The number of ether oxygens (including phenoxy) is 1. The van der Waals surface area contributed by atoms with Crippen LogP contribution in [0.25, 0.3) is 10.8 Å². The van der Waals surface area contributed by atoms with E-state index in [1.807, 2.05) is 60.7 Å². The molecule has 0 heterocycles. The van der Waals surface area contributed by atoms with Crippen molar-refractivity contribution in [3.63, 3.8) is 0 Å². The molecule has 0 aromatic heterocycles. The topological polar surface area (TPSA) is 67.8 Å². The highest BCUT2D eigenvalue weighted by Crippen LogP contribution is 2.29. The highest BCUT2D eigenvalue weighted by Gasteiger charge is 2.16. The number of halogens is 2. The SMILES string of the molecule is O=C(Cc1ccccc1)N/N=C\c1c(OC(=O)c2ccc(Cl)cc2Cl)ccc2ccccc12. The van der Waals surface area contributed by atoms with Gasteiger partial charge < -0.3 is 4.74 Å². The molecule has 4 aromatic rings. The molecule has 1 amide bonds. The Hall–Kier alpha value is -3.67. The van der Waals surface area contributed by atoms with Crippen LogP contribution in [0.5, 0.6) is 5.75 Å². The Morgan fingerprint density at radius 2 is 1.67 bits per heavy atom. The van der Waals surface area contributed by atoms with Gasteiger partial charge in [-0.25, -0.2) is 10.2 Å². The maximum atomic E-state index is 12.8. The maximum Gasteiger partial charge on any atom is 0.345 e. The molecule has 0 atom stereocenters. The summed E-state index contributed by atoms with van der Waals surface area (Å²) >= 11 is 12.1. The summed E-state index contributed by atoms with van der Waals surface area (Å²) in [6.45, 7) is 0. The molecule has 0 saturated carbocycles. The monoisotopic (exact) mass is 476 g/mol. The lowest BCUT2D eigenvalue weighted by atomic mass is 10.0. The van der Waals surface area contributed by atoms with Crippen molar-refractivity contribution in [2.24, 2.45) is 5.10 Å². The zero-order chi connectivity index (χ0) is 23.2.